The number of H-pyrrole nitrogens is 1. The molecule has 0 unspecified atom stereocenters. The van der Waals surface area contributed by atoms with Crippen LogP contribution in [0.25, 0.3) is 11.6 Å². The van der Waals surface area contributed by atoms with Crippen LogP contribution >= 0.6 is 0 Å². The molecule has 0 aliphatic carbocycles. The van der Waals surface area contributed by atoms with Crippen molar-refractivity contribution in [3.63, 3.8) is 0 Å². The molecule has 1 aromatic heterocycles. The minimum Gasteiger partial charge on any atom is -0.397 e. The van der Waals surface area contributed by atoms with Gasteiger partial charge in [-0.15, -0.1) is 0 Å². The zero-order valence-corrected chi connectivity index (χ0v) is 18.4. The highest BCUT2D eigenvalue weighted by Gasteiger charge is 2.25. The van der Waals surface area contributed by atoms with Crippen LogP contribution < -0.4 is 21.7 Å². The molecule has 168 valence electrons. The van der Waals surface area contributed by atoms with Gasteiger partial charge in [0.2, 0.25) is 5.91 Å². The van der Waals surface area contributed by atoms with Gasteiger partial charge in [-0.3, -0.25) is 14.4 Å². The number of aromatic amines is 1. The van der Waals surface area contributed by atoms with Gasteiger partial charge in [0.15, 0.2) is 0 Å². The SMILES string of the molecule is Cc1[nH]c(/C=C2\C(=O)Nc3ccccc32)c(C)c1C(=O)NCCC(=O)Nc1ccccc1N. The standard InChI is InChI=1S/C25H25N5O3/c1-14-21(13-17-16-7-3-5-9-19(16)30-24(17)32)28-15(2)23(14)25(33)27-12-11-22(31)29-20-10-6-4-8-18(20)26/h3-10,13,28H,11-12,26H2,1-2H3,(H,27,33)(H,29,31)(H,30,32)/b17-13-. The number of nitrogens with two attached hydrogens (primary N) is 1. The van der Waals surface area contributed by atoms with E-state index in [1.54, 1.807) is 37.3 Å². The second-order valence-corrected chi connectivity index (χ2v) is 7.86. The Bertz CT molecular complexity index is 1290. The van der Waals surface area contributed by atoms with Crippen molar-refractivity contribution in [1.82, 2.24) is 10.3 Å². The third kappa shape index (κ3) is 4.50. The highest BCUT2D eigenvalue weighted by atomic mass is 16.2. The van der Waals surface area contributed by atoms with E-state index in [1.807, 2.05) is 31.2 Å². The monoisotopic (exact) mass is 443 g/mol. The highest BCUT2D eigenvalue weighted by molar-refractivity contribution is 6.34. The van der Waals surface area contributed by atoms with E-state index in [4.69, 9.17) is 5.73 Å². The van der Waals surface area contributed by atoms with Crippen molar-refractivity contribution in [2.75, 3.05) is 22.9 Å². The first kappa shape index (κ1) is 21.9. The number of anilines is 3. The number of nitrogens with one attached hydrogen (secondary N) is 4. The van der Waals surface area contributed by atoms with Crippen LogP contribution in [0.15, 0.2) is 48.5 Å². The Morgan fingerprint density at radius 3 is 2.58 bits per heavy atom. The van der Waals surface area contributed by atoms with Crippen LogP contribution in [0.3, 0.4) is 0 Å². The molecule has 3 amide bonds. The van der Waals surface area contributed by atoms with E-state index in [0.29, 0.717) is 33.9 Å². The maximum Gasteiger partial charge on any atom is 0.256 e. The van der Waals surface area contributed by atoms with E-state index in [0.717, 1.165) is 16.8 Å². The van der Waals surface area contributed by atoms with Crippen molar-refractivity contribution in [2.24, 2.45) is 0 Å². The first-order valence-corrected chi connectivity index (χ1v) is 10.6. The van der Waals surface area contributed by atoms with Gasteiger partial charge >= 0.3 is 0 Å². The van der Waals surface area contributed by atoms with Gasteiger partial charge in [0.1, 0.15) is 0 Å². The van der Waals surface area contributed by atoms with E-state index in [-0.39, 0.29) is 30.7 Å². The van der Waals surface area contributed by atoms with Gasteiger partial charge in [0.05, 0.1) is 22.5 Å². The lowest BCUT2D eigenvalue weighted by molar-refractivity contribution is -0.116. The van der Waals surface area contributed by atoms with Crippen LogP contribution in [-0.2, 0) is 9.59 Å². The quantitative estimate of drug-likeness (QED) is 0.295. The van der Waals surface area contributed by atoms with E-state index in [2.05, 4.69) is 20.9 Å². The molecule has 0 atom stereocenters. The molecule has 6 N–H and O–H groups in total. The van der Waals surface area contributed by atoms with E-state index < -0.39 is 0 Å². The summed E-state index contributed by atoms with van der Waals surface area (Å²) >= 11 is 0. The molecule has 0 bridgehead atoms. The van der Waals surface area contributed by atoms with Crippen molar-refractivity contribution in [3.8, 4) is 0 Å². The molecule has 0 saturated heterocycles. The first-order valence-electron chi connectivity index (χ1n) is 10.6. The summed E-state index contributed by atoms with van der Waals surface area (Å²) in [6.45, 7) is 3.81. The molecule has 4 rings (SSSR count). The fourth-order valence-corrected chi connectivity index (χ4v) is 3.89. The average Bonchev–Trinajstić information content (AvgIpc) is 3.25. The zero-order chi connectivity index (χ0) is 23.5. The topological polar surface area (TPSA) is 129 Å². The van der Waals surface area contributed by atoms with Crippen molar-refractivity contribution in [1.29, 1.82) is 0 Å². The summed E-state index contributed by atoms with van der Waals surface area (Å²) in [5, 5.41) is 8.37. The number of aromatic nitrogens is 1. The summed E-state index contributed by atoms with van der Waals surface area (Å²) in [6.07, 6.45) is 1.87. The second kappa shape index (κ2) is 9.04. The number of carbonyl (C=O) groups excluding carboxylic acids is 3. The maximum absolute atomic E-state index is 12.8. The van der Waals surface area contributed by atoms with Gasteiger partial charge in [-0.25, -0.2) is 0 Å². The van der Waals surface area contributed by atoms with Crippen molar-refractivity contribution in [2.45, 2.75) is 20.3 Å². The Hall–Kier alpha value is -4.33. The number of hydrogen-bond donors (Lipinski definition) is 5. The number of para-hydroxylation sites is 3. The molecule has 0 fully saturated rings. The number of benzene rings is 2. The lowest BCUT2D eigenvalue weighted by Gasteiger charge is -2.09. The van der Waals surface area contributed by atoms with Gasteiger partial charge in [0, 0.05) is 35.6 Å². The van der Waals surface area contributed by atoms with Crippen LogP contribution in [0.5, 0.6) is 0 Å². The molecule has 8 heteroatoms. The molecule has 1 aliphatic rings. The second-order valence-electron chi connectivity index (χ2n) is 7.86. The molecular formula is C25H25N5O3. The summed E-state index contributed by atoms with van der Waals surface area (Å²) in [4.78, 5) is 40.6. The average molecular weight is 444 g/mol. The largest absolute Gasteiger partial charge is 0.397 e. The zero-order valence-electron chi connectivity index (χ0n) is 18.4. The van der Waals surface area contributed by atoms with Crippen LogP contribution in [0.2, 0.25) is 0 Å². The molecule has 0 saturated carbocycles. The molecule has 2 aromatic carbocycles. The predicted octanol–water partition coefficient (Wildman–Crippen LogP) is 3.47. The molecule has 2 heterocycles. The number of carbonyl (C=O) groups is 3. The first-order chi connectivity index (χ1) is 15.8. The van der Waals surface area contributed by atoms with Crippen LogP contribution in [0, 0.1) is 13.8 Å². The summed E-state index contributed by atoms with van der Waals surface area (Å²) in [5.74, 6) is -0.708. The van der Waals surface area contributed by atoms with Gasteiger partial charge in [0.25, 0.3) is 11.8 Å². The molecule has 1 aliphatic heterocycles. The van der Waals surface area contributed by atoms with Gasteiger partial charge in [-0.2, -0.15) is 0 Å². The number of rotatable bonds is 6. The van der Waals surface area contributed by atoms with Crippen LogP contribution in [-0.4, -0.2) is 29.3 Å². The molecule has 8 nitrogen and oxygen atoms in total. The third-order valence-electron chi connectivity index (χ3n) is 5.57. The molecular weight excluding hydrogens is 418 g/mol. The normalized spacial score (nSPS) is 13.5. The van der Waals surface area contributed by atoms with Crippen molar-refractivity contribution >= 4 is 46.4 Å². The van der Waals surface area contributed by atoms with Gasteiger partial charge in [-0.05, 0) is 43.7 Å². The summed E-state index contributed by atoms with van der Waals surface area (Å²) in [6, 6.07) is 14.5. The molecule has 3 aromatic rings. The molecule has 0 radical (unpaired) electrons. The Labute approximate surface area is 191 Å². The lowest BCUT2D eigenvalue weighted by atomic mass is 10.0. The van der Waals surface area contributed by atoms with Crippen molar-refractivity contribution < 1.29 is 14.4 Å². The van der Waals surface area contributed by atoms with Gasteiger partial charge < -0.3 is 26.7 Å². The Morgan fingerprint density at radius 1 is 1.06 bits per heavy atom. The number of fused-ring (bicyclic) bond motifs is 1. The smallest absolute Gasteiger partial charge is 0.256 e. The van der Waals surface area contributed by atoms with E-state index in [1.165, 1.54) is 0 Å². The minimum atomic E-state index is -0.283. The van der Waals surface area contributed by atoms with E-state index in [9.17, 15) is 14.4 Å². The minimum absolute atomic E-state index is 0.108. The van der Waals surface area contributed by atoms with Gasteiger partial charge in [-0.1, -0.05) is 30.3 Å². The van der Waals surface area contributed by atoms with E-state index >= 15 is 0 Å². The third-order valence-corrected chi connectivity index (χ3v) is 5.57. The fraction of sp³-hybridized carbons (Fsp3) is 0.160. The fourth-order valence-electron chi connectivity index (χ4n) is 3.89. The number of aryl methyl sites for hydroxylation is 1. The number of amides is 3. The van der Waals surface area contributed by atoms with Crippen LogP contribution in [0.4, 0.5) is 17.1 Å². The summed E-state index contributed by atoms with van der Waals surface area (Å²) in [7, 11) is 0. The van der Waals surface area contributed by atoms with Crippen LogP contribution in [0.1, 0.15) is 39.3 Å². The lowest BCUT2D eigenvalue weighted by Crippen LogP contribution is -2.28. The highest BCUT2D eigenvalue weighted by Crippen LogP contribution is 2.33. The Kier molecular flexibility index (Phi) is 5.99. The number of hydrogen-bond acceptors (Lipinski definition) is 4. The Morgan fingerprint density at radius 2 is 1.79 bits per heavy atom. The predicted molar refractivity (Wildman–Crippen MR) is 130 cm³/mol. The Balaban J connectivity index is 1.43. The number of nitrogen functional groups attached to an aromatic ring is 1. The molecule has 0 spiro atoms. The summed E-state index contributed by atoms with van der Waals surface area (Å²) < 4.78 is 0. The summed E-state index contributed by atoms with van der Waals surface area (Å²) in [5.41, 5.74) is 11.6. The van der Waals surface area contributed by atoms with Crippen molar-refractivity contribution in [3.05, 3.63) is 76.6 Å². The molecule has 33 heavy (non-hydrogen) atoms. The maximum atomic E-state index is 12.8.